The normalized spacial score (nSPS) is 40.7. The van der Waals surface area contributed by atoms with Gasteiger partial charge in [-0.3, -0.25) is 19.2 Å². The summed E-state index contributed by atoms with van der Waals surface area (Å²) in [4.78, 5) is 64.8. The number of hydroxylamine groups is 2. The van der Waals surface area contributed by atoms with Gasteiger partial charge in [0.1, 0.15) is 11.9 Å². The van der Waals surface area contributed by atoms with Crippen LogP contribution in [0, 0.1) is 34.5 Å². The summed E-state index contributed by atoms with van der Waals surface area (Å²) >= 11 is 0. The molecule has 4 saturated carbocycles. The molecule has 0 bridgehead atoms. The fourth-order valence-corrected chi connectivity index (χ4v) is 8.42. The van der Waals surface area contributed by atoms with Crippen LogP contribution >= 0.6 is 0 Å². The number of amides is 2. The Morgan fingerprint density at radius 1 is 0.829 bits per heavy atom. The Hall–Kier alpha value is -2.25. The molecule has 5 fully saturated rings. The lowest BCUT2D eigenvalue weighted by molar-refractivity contribution is -0.198. The van der Waals surface area contributed by atoms with Gasteiger partial charge in [0.2, 0.25) is 0 Å². The van der Waals surface area contributed by atoms with E-state index >= 15 is 0 Å². The lowest BCUT2D eigenvalue weighted by Gasteiger charge is -2.60. The number of ketones is 1. The summed E-state index contributed by atoms with van der Waals surface area (Å²) in [7, 11) is 0. The van der Waals surface area contributed by atoms with Gasteiger partial charge in [0, 0.05) is 31.1 Å². The summed E-state index contributed by atoms with van der Waals surface area (Å²) < 4.78 is 5.93. The van der Waals surface area contributed by atoms with Crippen molar-refractivity contribution in [3.8, 4) is 0 Å². The summed E-state index contributed by atoms with van der Waals surface area (Å²) in [5.41, 5.74) is 0.199. The van der Waals surface area contributed by atoms with Crippen LogP contribution in [0.5, 0.6) is 0 Å². The number of Topliss-reactive ketones (excluding diaryl/α,β-unsaturated/α-hetero) is 1. The van der Waals surface area contributed by atoms with Gasteiger partial charge < -0.3 is 9.57 Å². The van der Waals surface area contributed by atoms with E-state index in [0.29, 0.717) is 34.5 Å². The molecule has 8 nitrogen and oxygen atoms in total. The van der Waals surface area contributed by atoms with Crippen molar-refractivity contribution in [2.24, 2.45) is 34.5 Å². The van der Waals surface area contributed by atoms with E-state index in [1.54, 1.807) is 0 Å². The minimum absolute atomic E-state index is 0.0371. The van der Waals surface area contributed by atoms with Crippen molar-refractivity contribution in [3.05, 3.63) is 0 Å². The van der Waals surface area contributed by atoms with E-state index < -0.39 is 23.8 Å². The monoisotopic (exact) mass is 487 g/mol. The largest absolute Gasteiger partial charge is 0.462 e. The molecule has 2 amide bonds. The van der Waals surface area contributed by atoms with Crippen molar-refractivity contribution in [1.82, 2.24) is 5.06 Å². The molecule has 5 aliphatic rings. The van der Waals surface area contributed by atoms with E-state index in [-0.39, 0.29) is 42.6 Å². The number of esters is 1. The van der Waals surface area contributed by atoms with Crippen LogP contribution in [0.4, 0.5) is 0 Å². The van der Waals surface area contributed by atoms with Crippen molar-refractivity contribution in [2.75, 3.05) is 0 Å². The molecule has 5 rings (SSSR count). The maximum Gasteiger partial charge on any atom is 0.333 e. The van der Waals surface area contributed by atoms with Crippen molar-refractivity contribution >= 4 is 29.5 Å². The average molecular weight is 488 g/mol. The first kappa shape index (κ1) is 24.4. The van der Waals surface area contributed by atoms with E-state index in [4.69, 9.17) is 9.57 Å². The topological polar surface area (TPSA) is 107 Å². The lowest BCUT2D eigenvalue weighted by atomic mass is 9.45. The highest BCUT2D eigenvalue weighted by atomic mass is 16.7. The third-order valence-electron chi connectivity index (χ3n) is 10.4. The van der Waals surface area contributed by atoms with Gasteiger partial charge in [-0.25, -0.2) is 4.79 Å². The molecule has 0 aromatic carbocycles. The van der Waals surface area contributed by atoms with Crippen molar-refractivity contribution in [3.63, 3.8) is 0 Å². The Labute approximate surface area is 206 Å². The summed E-state index contributed by atoms with van der Waals surface area (Å²) in [5.74, 6) is 0.464. The van der Waals surface area contributed by atoms with Crippen molar-refractivity contribution < 1.29 is 33.5 Å². The predicted molar refractivity (Wildman–Crippen MR) is 123 cm³/mol. The quantitative estimate of drug-likeness (QED) is 0.428. The molecule has 1 saturated heterocycles. The Morgan fingerprint density at radius 2 is 1.51 bits per heavy atom. The molecule has 1 aliphatic heterocycles. The number of fused-ring (bicyclic) bond motifs is 5. The number of ether oxygens (including phenoxy) is 1. The number of carbonyl (C=O) groups excluding carboxylic acids is 5. The molecule has 7 atom stereocenters. The van der Waals surface area contributed by atoms with Gasteiger partial charge >= 0.3 is 11.9 Å². The average Bonchev–Trinajstić information content (AvgIpc) is 3.31. The van der Waals surface area contributed by atoms with Crippen molar-refractivity contribution in [2.45, 2.75) is 103 Å². The smallest absolute Gasteiger partial charge is 0.333 e. The van der Waals surface area contributed by atoms with E-state index in [1.807, 2.05) is 0 Å². The highest BCUT2D eigenvalue weighted by molar-refractivity contribution is 6.01. The fraction of sp³-hybridized carbons (Fsp3) is 0.815. The third kappa shape index (κ3) is 4.20. The molecule has 0 unspecified atom stereocenters. The zero-order valence-electron chi connectivity index (χ0n) is 20.9. The molecule has 192 valence electrons. The maximum absolute atomic E-state index is 12.6. The molecular weight excluding hydrogens is 450 g/mol. The second-order valence-electron chi connectivity index (χ2n) is 12.0. The van der Waals surface area contributed by atoms with E-state index in [9.17, 15) is 24.0 Å². The van der Waals surface area contributed by atoms with Gasteiger partial charge in [0.25, 0.3) is 11.8 Å². The Kier molecular flexibility index (Phi) is 6.29. The van der Waals surface area contributed by atoms with E-state index in [0.717, 1.165) is 51.4 Å². The number of hydrogen-bond donors (Lipinski definition) is 0. The molecule has 0 aromatic heterocycles. The maximum atomic E-state index is 12.6. The van der Waals surface area contributed by atoms with Gasteiger partial charge in [0.15, 0.2) is 0 Å². The van der Waals surface area contributed by atoms with Crippen molar-refractivity contribution in [1.29, 1.82) is 0 Å². The highest BCUT2D eigenvalue weighted by Gasteiger charge is 2.61. The van der Waals surface area contributed by atoms with Crippen LogP contribution in [0.25, 0.3) is 0 Å². The Bertz CT molecular complexity index is 930. The standard InChI is InChI=1S/C27H37NO7/c1-26-13-11-17(29)15-16(26)3-4-18-19-5-6-21(27(19,2)14-12-20(18)26)34-24(32)9-10-25(33)35-28-22(30)7-8-23(28)31/h16,18-21H,3-15H2,1-2H3/t16-,18+,19+,20-,21-,26-,27-/m0/s1. The van der Waals surface area contributed by atoms with Crippen LogP contribution in [-0.2, 0) is 33.5 Å². The molecule has 0 spiro atoms. The third-order valence-corrected chi connectivity index (χ3v) is 10.4. The zero-order chi connectivity index (χ0) is 25.0. The molecule has 1 heterocycles. The van der Waals surface area contributed by atoms with Crippen LogP contribution < -0.4 is 0 Å². The van der Waals surface area contributed by atoms with E-state index in [2.05, 4.69) is 13.8 Å². The first-order valence-electron chi connectivity index (χ1n) is 13.4. The fourth-order valence-electron chi connectivity index (χ4n) is 8.42. The van der Waals surface area contributed by atoms with Crippen LogP contribution in [-0.4, -0.2) is 40.7 Å². The number of carbonyl (C=O) groups is 5. The molecule has 0 N–H and O–H groups in total. The predicted octanol–water partition coefficient (Wildman–Crippen LogP) is 3.90. The van der Waals surface area contributed by atoms with Gasteiger partial charge in [-0.05, 0) is 74.0 Å². The van der Waals surface area contributed by atoms with Crippen LogP contribution in [0.2, 0.25) is 0 Å². The zero-order valence-corrected chi connectivity index (χ0v) is 20.9. The second kappa shape index (κ2) is 9.00. The summed E-state index contributed by atoms with van der Waals surface area (Å²) in [6.07, 6.45) is 8.39. The summed E-state index contributed by atoms with van der Waals surface area (Å²) in [5, 5.41) is 0.506. The molecule has 0 radical (unpaired) electrons. The minimum Gasteiger partial charge on any atom is -0.462 e. The number of hydrogen-bond acceptors (Lipinski definition) is 7. The number of nitrogens with zero attached hydrogens (tertiary/aromatic N) is 1. The Morgan fingerprint density at radius 3 is 2.26 bits per heavy atom. The summed E-state index contributed by atoms with van der Waals surface area (Å²) in [6.45, 7) is 4.70. The first-order chi connectivity index (χ1) is 16.6. The van der Waals surface area contributed by atoms with Gasteiger partial charge in [-0.1, -0.05) is 13.8 Å². The lowest BCUT2D eigenvalue weighted by Crippen LogP contribution is -2.54. The first-order valence-corrected chi connectivity index (χ1v) is 13.4. The molecule has 35 heavy (non-hydrogen) atoms. The summed E-state index contributed by atoms with van der Waals surface area (Å²) in [6, 6.07) is 0. The van der Waals surface area contributed by atoms with Gasteiger partial charge in [-0.15, -0.1) is 5.06 Å². The minimum atomic E-state index is -0.780. The van der Waals surface area contributed by atoms with E-state index in [1.165, 1.54) is 6.42 Å². The molecular formula is C27H37NO7. The number of imide groups is 1. The van der Waals surface area contributed by atoms with Crippen LogP contribution in [0.15, 0.2) is 0 Å². The second-order valence-corrected chi connectivity index (χ2v) is 12.0. The number of rotatable bonds is 5. The Balaban J connectivity index is 1.17. The highest BCUT2D eigenvalue weighted by Crippen LogP contribution is 2.66. The molecule has 0 aromatic rings. The van der Waals surface area contributed by atoms with Crippen LogP contribution in [0.1, 0.15) is 97.3 Å². The van der Waals surface area contributed by atoms with Gasteiger partial charge in [0.05, 0.1) is 12.8 Å². The van der Waals surface area contributed by atoms with Crippen LogP contribution in [0.3, 0.4) is 0 Å². The van der Waals surface area contributed by atoms with Gasteiger partial charge in [-0.2, -0.15) is 0 Å². The molecule has 8 heteroatoms. The SMILES string of the molecule is C[C@]12CCC(=O)C[C@@H]1CC[C@@H]1[C@H]3CC[C@H](OC(=O)CCC(=O)ON4C(=O)CCC4=O)[C@@]3(C)CC[C@@H]12. The molecule has 4 aliphatic carbocycles.